The fourth-order valence-electron chi connectivity index (χ4n) is 1.03. The highest BCUT2D eigenvalue weighted by atomic mass is 16.5. The van der Waals surface area contributed by atoms with Crippen molar-refractivity contribution in [2.75, 3.05) is 18.5 Å². The van der Waals surface area contributed by atoms with Gasteiger partial charge in [-0.1, -0.05) is 0 Å². The molecule has 0 aliphatic heterocycles. The van der Waals surface area contributed by atoms with Crippen molar-refractivity contribution in [1.29, 1.82) is 0 Å². The van der Waals surface area contributed by atoms with Gasteiger partial charge < -0.3 is 15.2 Å². The fourth-order valence-corrected chi connectivity index (χ4v) is 1.03. The van der Waals surface area contributed by atoms with Crippen LogP contribution in [0.2, 0.25) is 0 Å². The van der Waals surface area contributed by atoms with Crippen LogP contribution in [0.3, 0.4) is 0 Å². The number of anilines is 1. The highest BCUT2D eigenvalue weighted by Gasteiger charge is 2.00. The first-order valence-corrected chi connectivity index (χ1v) is 5.03. The molecule has 1 aromatic rings. The van der Waals surface area contributed by atoms with Crippen LogP contribution in [0.25, 0.3) is 0 Å². The van der Waals surface area contributed by atoms with Gasteiger partial charge in [-0.25, -0.2) is 9.97 Å². The lowest BCUT2D eigenvalue weighted by Gasteiger charge is -2.08. The van der Waals surface area contributed by atoms with E-state index >= 15 is 0 Å². The second-order valence-electron chi connectivity index (χ2n) is 3.26. The van der Waals surface area contributed by atoms with Crippen molar-refractivity contribution in [3.05, 3.63) is 18.1 Å². The Bertz CT molecular complexity index is 292. The van der Waals surface area contributed by atoms with Crippen LogP contribution in [0, 0.1) is 0 Å². The van der Waals surface area contributed by atoms with Crippen LogP contribution >= 0.6 is 0 Å². The Hall–Kier alpha value is -1.20. The van der Waals surface area contributed by atoms with Crippen LogP contribution in [0.5, 0.6) is 0 Å². The van der Waals surface area contributed by atoms with Gasteiger partial charge in [-0.15, -0.1) is 0 Å². The van der Waals surface area contributed by atoms with Crippen molar-refractivity contribution in [1.82, 2.24) is 9.97 Å². The zero-order chi connectivity index (χ0) is 11.1. The number of aliphatic hydroxyl groups excluding tert-OH is 1. The van der Waals surface area contributed by atoms with Gasteiger partial charge in [0.25, 0.3) is 0 Å². The molecule has 0 saturated heterocycles. The van der Waals surface area contributed by atoms with Gasteiger partial charge in [-0.3, -0.25) is 0 Å². The molecule has 1 unspecified atom stereocenters. The molecule has 0 amide bonds. The predicted molar refractivity (Wildman–Crippen MR) is 57.5 cm³/mol. The maximum atomic E-state index is 9.09. The molecule has 0 bridgehead atoms. The Kier molecular flexibility index (Phi) is 5.00. The molecular weight excluding hydrogens is 194 g/mol. The molecule has 5 heteroatoms. The molecule has 0 aliphatic rings. The number of nitrogens with one attached hydrogen (secondary N) is 1. The topological polar surface area (TPSA) is 67.3 Å². The first kappa shape index (κ1) is 11.9. The third-order valence-corrected chi connectivity index (χ3v) is 1.76. The van der Waals surface area contributed by atoms with E-state index in [0.29, 0.717) is 25.6 Å². The Morgan fingerprint density at radius 1 is 1.53 bits per heavy atom. The Morgan fingerprint density at radius 3 is 3.00 bits per heavy atom. The molecule has 0 aromatic carbocycles. The zero-order valence-corrected chi connectivity index (χ0v) is 9.10. The number of aromatic nitrogens is 2. The van der Waals surface area contributed by atoms with Crippen molar-refractivity contribution < 1.29 is 9.84 Å². The van der Waals surface area contributed by atoms with E-state index in [0.717, 1.165) is 5.69 Å². The van der Waals surface area contributed by atoms with Gasteiger partial charge in [0, 0.05) is 19.2 Å². The summed E-state index contributed by atoms with van der Waals surface area (Å²) in [4.78, 5) is 8.10. The summed E-state index contributed by atoms with van der Waals surface area (Å²) < 4.78 is 5.23. The summed E-state index contributed by atoms with van der Waals surface area (Å²) in [6.07, 6.45) is 1.09. The molecule has 15 heavy (non-hydrogen) atoms. The van der Waals surface area contributed by atoms with E-state index in [1.807, 2.05) is 13.0 Å². The summed E-state index contributed by atoms with van der Waals surface area (Å²) >= 11 is 0. The monoisotopic (exact) mass is 211 g/mol. The average Bonchev–Trinajstić information content (AvgIpc) is 2.24. The molecule has 1 atom stereocenters. The summed E-state index contributed by atoms with van der Waals surface area (Å²) in [5.74, 6) is 0.709. The third kappa shape index (κ3) is 4.71. The number of hydrogen-bond donors (Lipinski definition) is 2. The molecule has 0 fully saturated rings. The molecule has 2 N–H and O–H groups in total. The van der Waals surface area contributed by atoms with Crippen LogP contribution in [0.1, 0.15) is 19.5 Å². The predicted octanol–water partition coefficient (Wildman–Crippen LogP) is 0.806. The standard InChI is InChI=1S/C10H17N3O2/c1-3-15-6-9-4-10(13-7-12-9)11-5-8(2)14/h4,7-8,14H,3,5-6H2,1-2H3,(H,11,12,13). The van der Waals surface area contributed by atoms with E-state index in [-0.39, 0.29) is 0 Å². The van der Waals surface area contributed by atoms with Crippen molar-refractivity contribution >= 4 is 5.82 Å². The number of hydrogen-bond acceptors (Lipinski definition) is 5. The smallest absolute Gasteiger partial charge is 0.129 e. The molecule has 0 aliphatic carbocycles. The molecule has 1 rings (SSSR count). The van der Waals surface area contributed by atoms with E-state index in [9.17, 15) is 0 Å². The molecule has 0 spiro atoms. The number of nitrogens with zero attached hydrogens (tertiary/aromatic N) is 2. The highest BCUT2D eigenvalue weighted by Crippen LogP contribution is 2.04. The molecule has 5 nitrogen and oxygen atoms in total. The molecule has 84 valence electrons. The maximum Gasteiger partial charge on any atom is 0.129 e. The van der Waals surface area contributed by atoms with Crippen LogP contribution in [0.15, 0.2) is 12.4 Å². The minimum atomic E-state index is -0.393. The van der Waals surface area contributed by atoms with Gasteiger partial charge in [-0.2, -0.15) is 0 Å². The largest absolute Gasteiger partial charge is 0.392 e. The van der Waals surface area contributed by atoms with Gasteiger partial charge >= 0.3 is 0 Å². The van der Waals surface area contributed by atoms with Gasteiger partial charge in [0.2, 0.25) is 0 Å². The number of rotatable bonds is 6. The third-order valence-electron chi connectivity index (χ3n) is 1.76. The minimum absolute atomic E-state index is 0.393. The zero-order valence-electron chi connectivity index (χ0n) is 9.10. The number of aliphatic hydroxyl groups is 1. The Balaban J connectivity index is 2.50. The van der Waals surface area contributed by atoms with Crippen molar-refractivity contribution in [3.63, 3.8) is 0 Å². The van der Waals surface area contributed by atoms with Crippen LogP contribution in [-0.2, 0) is 11.3 Å². The Labute approximate surface area is 89.5 Å². The van der Waals surface area contributed by atoms with E-state index in [2.05, 4.69) is 15.3 Å². The van der Waals surface area contributed by atoms with E-state index in [1.54, 1.807) is 6.92 Å². The fraction of sp³-hybridized carbons (Fsp3) is 0.600. The van der Waals surface area contributed by atoms with Crippen LogP contribution in [-0.4, -0.2) is 34.3 Å². The SMILES string of the molecule is CCOCc1cc(NCC(C)O)ncn1. The van der Waals surface area contributed by atoms with E-state index < -0.39 is 6.10 Å². The van der Waals surface area contributed by atoms with Gasteiger partial charge in [0.15, 0.2) is 0 Å². The van der Waals surface area contributed by atoms with Gasteiger partial charge in [-0.05, 0) is 13.8 Å². The summed E-state index contributed by atoms with van der Waals surface area (Å²) in [6.45, 7) is 5.29. The lowest BCUT2D eigenvalue weighted by Crippen LogP contribution is -2.16. The lowest BCUT2D eigenvalue weighted by molar-refractivity contribution is 0.131. The molecule has 0 radical (unpaired) electrons. The molecule has 1 heterocycles. The average molecular weight is 211 g/mol. The number of ether oxygens (including phenoxy) is 1. The second-order valence-corrected chi connectivity index (χ2v) is 3.26. The van der Waals surface area contributed by atoms with Crippen molar-refractivity contribution in [3.8, 4) is 0 Å². The van der Waals surface area contributed by atoms with Crippen molar-refractivity contribution in [2.45, 2.75) is 26.6 Å². The summed E-state index contributed by atoms with van der Waals surface area (Å²) in [5.41, 5.74) is 0.833. The first-order valence-electron chi connectivity index (χ1n) is 5.03. The Morgan fingerprint density at radius 2 is 2.33 bits per heavy atom. The van der Waals surface area contributed by atoms with Crippen molar-refractivity contribution in [2.24, 2.45) is 0 Å². The summed E-state index contributed by atoms with van der Waals surface area (Å²) in [6, 6.07) is 1.82. The second kappa shape index (κ2) is 6.31. The van der Waals surface area contributed by atoms with Crippen LogP contribution in [0.4, 0.5) is 5.82 Å². The van der Waals surface area contributed by atoms with Gasteiger partial charge in [0.05, 0.1) is 18.4 Å². The quantitative estimate of drug-likeness (QED) is 0.728. The van der Waals surface area contributed by atoms with Crippen LogP contribution < -0.4 is 5.32 Å². The van der Waals surface area contributed by atoms with E-state index in [4.69, 9.17) is 9.84 Å². The minimum Gasteiger partial charge on any atom is -0.392 e. The summed E-state index contributed by atoms with van der Waals surface area (Å²) in [7, 11) is 0. The first-order chi connectivity index (χ1) is 7.22. The molecule has 0 saturated carbocycles. The normalized spacial score (nSPS) is 12.5. The molecule has 1 aromatic heterocycles. The van der Waals surface area contributed by atoms with Gasteiger partial charge in [0.1, 0.15) is 12.1 Å². The maximum absolute atomic E-state index is 9.09. The lowest BCUT2D eigenvalue weighted by atomic mass is 10.3. The molecular formula is C10H17N3O2. The summed E-state index contributed by atoms with van der Waals surface area (Å²) in [5, 5.41) is 12.1. The van der Waals surface area contributed by atoms with E-state index in [1.165, 1.54) is 6.33 Å². The highest BCUT2D eigenvalue weighted by molar-refractivity contribution is 5.34.